The van der Waals surface area contributed by atoms with Gasteiger partial charge in [-0.15, -0.1) is 11.6 Å². The Morgan fingerprint density at radius 2 is 1.94 bits per heavy atom. The molecule has 2 aromatic carbocycles. The minimum Gasteiger partial charge on any atom is -0.489 e. The predicted molar refractivity (Wildman–Crippen MR) is 74.4 cm³/mol. The minimum absolute atomic E-state index is 0.284. The lowest BCUT2D eigenvalue weighted by molar-refractivity contribution is 0.303. The van der Waals surface area contributed by atoms with E-state index in [1.807, 2.05) is 30.3 Å². The molecule has 0 radical (unpaired) electrons. The van der Waals surface area contributed by atoms with Gasteiger partial charge >= 0.3 is 0 Å². The molecule has 18 heavy (non-hydrogen) atoms. The van der Waals surface area contributed by atoms with Crippen LogP contribution in [0.2, 0.25) is 0 Å². The highest BCUT2D eigenvalue weighted by atomic mass is 79.9. The Morgan fingerprint density at radius 3 is 2.67 bits per heavy atom. The van der Waals surface area contributed by atoms with E-state index in [0.29, 0.717) is 17.0 Å². The number of rotatable bonds is 4. The lowest BCUT2D eigenvalue weighted by Gasteiger charge is -2.10. The quantitative estimate of drug-likeness (QED) is 0.725. The molecule has 2 aromatic rings. The van der Waals surface area contributed by atoms with Gasteiger partial charge in [0.1, 0.15) is 18.2 Å². The van der Waals surface area contributed by atoms with E-state index in [9.17, 15) is 4.39 Å². The van der Waals surface area contributed by atoms with Gasteiger partial charge in [-0.25, -0.2) is 4.39 Å². The summed E-state index contributed by atoms with van der Waals surface area (Å²) >= 11 is 9.07. The largest absolute Gasteiger partial charge is 0.489 e. The Balaban J connectivity index is 2.11. The number of hydrogen-bond acceptors (Lipinski definition) is 1. The van der Waals surface area contributed by atoms with Gasteiger partial charge in [-0.1, -0.05) is 34.1 Å². The fraction of sp³-hybridized carbons (Fsp3) is 0.143. The molecule has 0 bridgehead atoms. The summed E-state index contributed by atoms with van der Waals surface area (Å²) in [6, 6.07) is 12.2. The molecule has 0 atom stereocenters. The lowest BCUT2D eigenvalue weighted by atomic mass is 10.2. The normalized spacial score (nSPS) is 10.4. The first-order chi connectivity index (χ1) is 8.69. The second-order valence-corrected chi connectivity index (χ2v) is 4.99. The Bertz CT molecular complexity index is 525. The molecule has 0 heterocycles. The van der Waals surface area contributed by atoms with Gasteiger partial charge in [-0.05, 0) is 29.8 Å². The van der Waals surface area contributed by atoms with Crippen LogP contribution in [0.3, 0.4) is 0 Å². The number of hydrogen-bond donors (Lipinski definition) is 0. The molecule has 0 spiro atoms. The number of halogens is 3. The number of benzene rings is 2. The first kappa shape index (κ1) is 13.4. The van der Waals surface area contributed by atoms with Crippen molar-refractivity contribution >= 4 is 27.5 Å². The first-order valence-electron chi connectivity index (χ1n) is 5.40. The molecule has 0 amide bonds. The van der Waals surface area contributed by atoms with Crippen molar-refractivity contribution in [2.75, 3.05) is 0 Å². The van der Waals surface area contributed by atoms with Crippen LogP contribution in [0.25, 0.3) is 0 Å². The van der Waals surface area contributed by atoms with Crippen molar-refractivity contribution < 1.29 is 9.13 Å². The summed E-state index contributed by atoms with van der Waals surface area (Å²) in [6.07, 6.45) is 0. The van der Waals surface area contributed by atoms with Crippen LogP contribution in [-0.4, -0.2) is 0 Å². The maximum Gasteiger partial charge on any atom is 0.124 e. The van der Waals surface area contributed by atoms with Crippen molar-refractivity contribution in [2.24, 2.45) is 0 Å². The van der Waals surface area contributed by atoms with Gasteiger partial charge in [0.05, 0.1) is 5.88 Å². The van der Waals surface area contributed by atoms with Crippen molar-refractivity contribution in [1.29, 1.82) is 0 Å². The van der Waals surface area contributed by atoms with Gasteiger partial charge in [0.2, 0.25) is 0 Å². The molecular formula is C14H11BrClFO. The molecule has 94 valence electrons. The van der Waals surface area contributed by atoms with Crippen LogP contribution in [0.5, 0.6) is 5.75 Å². The van der Waals surface area contributed by atoms with Crippen molar-refractivity contribution in [3.8, 4) is 5.75 Å². The van der Waals surface area contributed by atoms with Crippen LogP contribution < -0.4 is 4.74 Å². The van der Waals surface area contributed by atoms with Crippen molar-refractivity contribution in [3.63, 3.8) is 0 Å². The van der Waals surface area contributed by atoms with Crippen LogP contribution in [0, 0.1) is 5.82 Å². The summed E-state index contributed by atoms with van der Waals surface area (Å²) in [6.45, 7) is 0.310. The van der Waals surface area contributed by atoms with E-state index >= 15 is 0 Å². The molecule has 4 heteroatoms. The van der Waals surface area contributed by atoms with Gasteiger partial charge in [0.25, 0.3) is 0 Å². The van der Waals surface area contributed by atoms with E-state index in [0.717, 1.165) is 16.9 Å². The van der Waals surface area contributed by atoms with E-state index in [1.165, 1.54) is 12.1 Å². The van der Waals surface area contributed by atoms with E-state index < -0.39 is 0 Å². The van der Waals surface area contributed by atoms with Crippen molar-refractivity contribution in [2.45, 2.75) is 12.5 Å². The molecule has 2 rings (SSSR count). The fourth-order valence-corrected chi connectivity index (χ4v) is 2.34. The summed E-state index contributed by atoms with van der Waals surface area (Å²) in [4.78, 5) is 0. The van der Waals surface area contributed by atoms with Crippen molar-refractivity contribution in [1.82, 2.24) is 0 Å². The van der Waals surface area contributed by atoms with E-state index in [2.05, 4.69) is 15.9 Å². The maximum absolute atomic E-state index is 13.2. The van der Waals surface area contributed by atoms with E-state index in [4.69, 9.17) is 16.3 Å². The Hall–Kier alpha value is -1.06. The third-order valence-corrected chi connectivity index (χ3v) is 3.18. The highest BCUT2D eigenvalue weighted by Gasteiger charge is 2.04. The predicted octanol–water partition coefficient (Wildman–Crippen LogP) is 4.91. The van der Waals surface area contributed by atoms with Gasteiger partial charge in [-0.2, -0.15) is 0 Å². The molecule has 0 fully saturated rings. The molecular weight excluding hydrogens is 319 g/mol. The van der Waals surface area contributed by atoms with Gasteiger partial charge < -0.3 is 4.74 Å². The summed E-state index contributed by atoms with van der Waals surface area (Å²) < 4.78 is 19.5. The van der Waals surface area contributed by atoms with E-state index in [1.54, 1.807) is 0 Å². The smallest absolute Gasteiger partial charge is 0.124 e. The minimum atomic E-state index is -0.284. The van der Waals surface area contributed by atoms with Gasteiger partial charge in [0.15, 0.2) is 0 Å². The Kier molecular flexibility index (Phi) is 4.61. The molecule has 0 saturated carbocycles. The van der Waals surface area contributed by atoms with E-state index in [-0.39, 0.29) is 5.82 Å². The maximum atomic E-state index is 13.2. The third-order valence-electron chi connectivity index (χ3n) is 2.43. The summed E-state index contributed by atoms with van der Waals surface area (Å²) in [5, 5.41) is 0. The second-order valence-electron chi connectivity index (χ2n) is 3.81. The highest BCUT2D eigenvalue weighted by molar-refractivity contribution is 9.10. The zero-order chi connectivity index (χ0) is 13.0. The Morgan fingerprint density at radius 1 is 1.17 bits per heavy atom. The summed E-state index contributed by atoms with van der Waals surface area (Å²) in [5.74, 6) is 0.838. The molecule has 0 N–H and O–H groups in total. The molecule has 0 aliphatic carbocycles. The molecule has 1 nitrogen and oxygen atoms in total. The standard InChI is InChI=1S/C14H11BrClFO/c15-12-5-10(6-13(17)7-12)9-18-14-4-2-1-3-11(14)8-16/h1-7H,8-9H2. The first-order valence-corrected chi connectivity index (χ1v) is 6.73. The fourth-order valence-electron chi connectivity index (χ4n) is 1.61. The Labute approximate surface area is 119 Å². The summed E-state index contributed by atoms with van der Waals surface area (Å²) in [7, 11) is 0. The molecule has 0 saturated heterocycles. The molecule has 0 aromatic heterocycles. The average Bonchev–Trinajstić information content (AvgIpc) is 2.35. The third kappa shape index (κ3) is 3.47. The topological polar surface area (TPSA) is 9.23 Å². The van der Waals surface area contributed by atoms with Crippen LogP contribution in [-0.2, 0) is 12.5 Å². The van der Waals surface area contributed by atoms with Gasteiger partial charge in [0, 0.05) is 10.0 Å². The SMILES string of the molecule is Fc1cc(Br)cc(COc2ccccc2CCl)c1. The number of ether oxygens (including phenoxy) is 1. The van der Waals surface area contributed by atoms with Gasteiger partial charge in [-0.3, -0.25) is 0 Å². The number of alkyl halides is 1. The van der Waals surface area contributed by atoms with Crippen LogP contribution in [0.1, 0.15) is 11.1 Å². The monoisotopic (exact) mass is 328 g/mol. The average molecular weight is 330 g/mol. The van der Waals surface area contributed by atoms with Crippen LogP contribution >= 0.6 is 27.5 Å². The van der Waals surface area contributed by atoms with Crippen LogP contribution in [0.4, 0.5) is 4.39 Å². The lowest BCUT2D eigenvalue weighted by Crippen LogP contribution is -1.98. The van der Waals surface area contributed by atoms with Crippen molar-refractivity contribution in [3.05, 3.63) is 63.9 Å². The number of para-hydroxylation sites is 1. The second kappa shape index (κ2) is 6.21. The molecule has 0 aliphatic rings. The zero-order valence-electron chi connectivity index (χ0n) is 9.50. The molecule has 0 aliphatic heterocycles. The van der Waals surface area contributed by atoms with Crippen LogP contribution in [0.15, 0.2) is 46.9 Å². The summed E-state index contributed by atoms with van der Waals surface area (Å²) in [5.41, 5.74) is 1.70. The molecule has 0 unspecified atom stereocenters. The zero-order valence-corrected chi connectivity index (χ0v) is 11.8. The highest BCUT2D eigenvalue weighted by Crippen LogP contribution is 2.22.